The Morgan fingerprint density at radius 3 is 1.86 bits per heavy atom. The van der Waals surface area contributed by atoms with E-state index in [1.807, 2.05) is 0 Å². The average molecular weight is 313 g/mol. The number of carboxylic acids is 1. The molecule has 0 rings (SSSR count). The summed E-state index contributed by atoms with van der Waals surface area (Å²) in [5.41, 5.74) is 0. The fraction of sp³-hybridized carbons (Fsp3) is 0.889. The molecule has 0 aromatic heterocycles. The van der Waals surface area contributed by atoms with Gasteiger partial charge in [0, 0.05) is 13.5 Å². The number of rotatable bonds is 15. The first-order chi connectivity index (χ1) is 10.6. The highest BCUT2D eigenvalue weighted by molar-refractivity contribution is 5.72. The van der Waals surface area contributed by atoms with E-state index in [-0.39, 0.29) is 11.8 Å². The number of amides is 1. The molecule has 4 heteroatoms. The lowest BCUT2D eigenvalue weighted by molar-refractivity contribution is -0.142. The lowest BCUT2D eigenvalue weighted by Crippen LogP contribution is -2.21. The van der Waals surface area contributed by atoms with Gasteiger partial charge in [-0.25, -0.2) is 0 Å². The second-order valence-corrected chi connectivity index (χ2v) is 6.28. The monoisotopic (exact) mass is 313 g/mol. The van der Waals surface area contributed by atoms with Crippen molar-refractivity contribution in [3.05, 3.63) is 0 Å². The molecule has 0 aromatic carbocycles. The molecule has 1 amide bonds. The highest BCUT2D eigenvalue weighted by Gasteiger charge is 2.16. The molecule has 1 unspecified atom stereocenters. The molecule has 0 saturated heterocycles. The highest BCUT2D eigenvalue weighted by Crippen LogP contribution is 2.18. The van der Waals surface area contributed by atoms with Crippen molar-refractivity contribution < 1.29 is 14.7 Å². The Bertz CT molecular complexity index is 292. The molecule has 0 aliphatic carbocycles. The minimum absolute atomic E-state index is 0.0197. The number of hydrogen-bond donors (Lipinski definition) is 2. The van der Waals surface area contributed by atoms with Gasteiger partial charge in [-0.3, -0.25) is 9.59 Å². The Hall–Kier alpha value is -1.06. The van der Waals surface area contributed by atoms with Crippen LogP contribution in [0.25, 0.3) is 0 Å². The number of carboxylic acid groups (broad SMARTS) is 1. The molecule has 4 nitrogen and oxygen atoms in total. The molecule has 0 spiro atoms. The average Bonchev–Trinajstić information content (AvgIpc) is 2.46. The van der Waals surface area contributed by atoms with Crippen LogP contribution in [0.15, 0.2) is 0 Å². The van der Waals surface area contributed by atoms with Crippen LogP contribution in [0.1, 0.15) is 90.9 Å². The molecule has 0 aliphatic heterocycles. The van der Waals surface area contributed by atoms with Crippen LogP contribution in [-0.2, 0) is 9.59 Å². The summed E-state index contributed by atoms with van der Waals surface area (Å²) >= 11 is 0. The van der Waals surface area contributed by atoms with Crippen LogP contribution >= 0.6 is 0 Å². The number of carbonyl (C=O) groups excluding carboxylic acids is 1. The van der Waals surface area contributed by atoms with Gasteiger partial charge in [0.15, 0.2) is 0 Å². The molecule has 1 atom stereocenters. The van der Waals surface area contributed by atoms with Crippen molar-refractivity contribution in [1.82, 2.24) is 5.32 Å². The van der Waals surface area contributed by atoms with Gasteiger partial charge in [0.25, 0.3) is 0 Å². The first-order valence-corrected chi connectivity index (χ1v) is 9.05. The summed E-state index contributed by atoms with van der Waals surface area (Å²) in [6.45, 7) is 4.38. The fourth-order valence-corrected chi connectivity index (χ4v) is 2.70. The Morgan fingerprint density at radius 1 is 0.864 bits per heavy atom. The topological polar surface area (TPSA) is 66.4 Å². The Morgan fingerprint density at radius 2 is 1.36 bits per heavy atom. The lowest BCUT2D eigenvalue weighted by Gasteiger charge is -2.12. The predicted molar refractivity (Wildman–Crippen MR) is 90.9 cm³/mol. The van der Waals surface area contributed by atoms with E-state index in [2.05, 4.69) is 12.2 Å². The maximum Gasteiger partial charge on any atom is 0.306 e. The van der Waals surface area contributed by atoms with Crippen molar-refractivity contribution in [2.75, 3.05) is 6.54 Å². The maximum absolute atomic E-state index is 11.2. The summed E-state index contributed by atoms with van der Waals surface area (Å²) in [5, 5.41) is 12.0. The van der Waals surface area contributed by atoms with E-state index in [1.165, 1.54) is 45.4 Å². The molecular weight excluding hydrogens is 278 g/mol. The number of unbranched alkanes of at least 4 members (excludes halogenated alkanes) is 8. The lowest BCUT2D eigenvalue weighted by atomic mass is 9.95. The van der Waals surface area contributed by atoms with Crippen LogP contribution in [0.5, 0.6) is 0 Å². The van der Waals surface area contributed by atoms with Crippen molar-refractivity contribution in [3.63, 3.8) is 0 Å². The molecule has 2 N–H and O–H groups in total. The summed E-state index contributed by atoms with van der Waals surface area (Å²) in [6.07, 6.45) is 13.2. The zero-order valence-electron chi connectivity index (χ0n) is 14.5. The molecule has 0 radical (unpaired) electrons. The quantitative estimate of drug-likeness (QED) is 0.437. The van der Waals surface area contributed by atoms with Gasteiger partial charge in [0.1, 0.15) is 0 Å². The van der Waals surface area contributed by atoms with Crippen molar-refractivity contribution in [1.29, 1.82) is 0 Å². The molecule has 0 heterocycles. The molecule has 0 fully saturated rings. The first-order valence-electron chi connectivity index (χ1n) is 9.05. The van der Waals surface area contributed by atoms with E-state index in [0.717, 1.165) is 38.5 Å². The number of nitrogens with one attached hydrogen (secondary N) is 1. The van der Waals surface area contributed by atoms with Gasteiger partial charge in [0.2, 0.25) is 5.91 Å². The Balaban J connectivity index is 3.56. The van der Waals surface area contributed by atoms with Crippen molar-refractivity contribution in [2.24, 2.45) is 5.92 Å². The minimum atomic E-state index is -0.664. The van der Waals surface area contributed by atoms with Crippen LogP contribution < -0.4 is 5.32 Å². The minimum Gasteiger partial charge on any atom is -0.481 e. The van der Waals surface area contributed by atoms with E-state index >= 15 is 0 Å². The van der Waals surface area contributed by atoms with Gasteiger partial charge in [-0.1, -0.05) is 64.7 Å². The van der Waals surface area contributed by atoms with Crippen LogP contribution in [0.2, 0.25) is 0 Å². The maximum atomic E-state index is 11.2. The van der Waals surface area contributed by atoms with Gasteiger partial charge < -0.3 is 10.4 Å². The van der Waals surface area contributed by atoms with E-state index < -0.39 is 5.97 Å². The Labute approximate surface area is 136 Å². The number of carbonyl (C=O) groups is 2. The van der Waals surface area contributed by atoms with Crippen LogP contribution in [0.4, 0.5) is 0 Å². The zero-order chi connectivity index (χ0) is 16.6. The van der Waals surface area contributed by atoms with Gasteiger partial charge in [-0.2, -0.15) is 0 Å². The van der Waals surface area contributed by atoms with E-state index in [0.29, 0.717) is 6.54 Å². The molecule has 0 saturated carbocycles. The highest BCUT2D eigenvalue weighted by atomic mass is 16.4. The molecule has 0 bridgehead atoms. The number of hydrogen-bond acceptors (Lipinski definition) is 2. The molecule has 22 heavy (non-hydrogen) atoms. The molecule has 130 valence electrons. The van der Waals surface area contributed by atoms with Gasteiger partial charge in [0.05, 0.1) is 5.92 Å². The summed E-state index contributed by atoms with van der Waals surface area (Å²) in [5.74, 6) is -0.895. The zero-order valence-corrected chi connectivity index (χ0v) is 14.5. The predicted octanol–water partition coefficient (Wildman–Crippen LogP) is 4.52. The molecule has 0 aliphatic rings. The van der Waals surface area contributed by atoms with Crippen LogP contribution in [-0.4, -0.2) is 23.5 Å². The van der Waals surface area contributed by atoms with E-state index in [4.69, 9.17) is 0 Å². The largest absolute Gasteiger partial charge is 0.481 e. The van der Waals surface area contributed by atoms with Gasteiger partial charge >= 0.3 is 5.97 Å². The third-order valence-electron chi connectivity index (χ3n) is 4.11. The SMILES string of the molecule is CCCCCCCCCCC(CCCCNC(C)=O)C(=O)O. The first kappa shape index (κ1) is 20.9. The normalized spacial score (nSPS) is 12.1. The summed E-state index contributed by atoms with van der Waals surface area (Å²) in [6, 6.07) is 0. The van der Waals surface area contributed by atoms with Gasteiger partial charge in [-0.05, 0) is 19.3 Å². The van der Waals surface area contributed by atoms with Crippen molar-refractivity contribution in [2.45, 2.75) is 90.9 Å². The van der Waals surface area contributed by atoms with E-state index in [9.17, 15) is 14.7 Å². The molecular formula is C18H35NO3. The van der Waals surface area contributed by atoms with Gasteiger partial charge in [-0.15, -0.1) is 0 Å². The molecule has 0 aromatic rings. The Kier molecular flexibility index (Phi) is 14.1. The standard InChI is InChI=1S/C18H35NO3/c1-3-4-5-6-7-8-9-10-13-17(18(21)22)14-11-12-15-19-16(2)20/h17H,3-15H2,1-2H3,(H,19,20)(H,21,22). The van der Waals surface area contributed by atoms with Crippen molar-refractivity contribution in [3.8, 4) is 0 Å². The van der Waals surface area contributed by atoms with Crippen molar-refractivity contribution >= 4 is 11.9 Å². The summed E-state index contributed by atoms with van der Waals surface area (Å²) in [4.78, 5) is 22.0. The van der Waals surface area contributed by atoms with E-state index in [1.54, 1.807) is 0 Å². The summed E-state index contributed by atoms with van der Waals surface area (Å²) in [7, 11) is 0. The van der Waals surface area contributed by atoms with Crippen LogP contribution in [0.3, 0.4) is 0 Å². The fourth-order valence-electron chi connectivity index (χ4n) is 2.70. The smallest absolute Gasteiger partial charge is 0.306 e. The second-order valence-electron chi connectivity index (χ2n) is 6.28. The van der Waals surface area contributed by atoms with Crippen LogP contribution in [0, 0.1) is 5.92 Å². The summed E-state index contributed by atoms with van der Waals surface area (Å²) < 4.78 is 0. The second kappa shape index (κ2) is 14.9. The third-order valence-corrected chi connectivity index (χ3v) is 4.11. The third kappa shape index (κ3) is 13.9. The number of aliphatic carboxylic acids is 1.